The molecular formula is C23H30N4O7. The van der Waals surface area contributed by atoms with E-state index in [2.05, 4.69) is 10.0 Å². The van der Waals surface area contributed by atoms with Crippen LogP contribution in [0.5, 0.6) is 0 Å². The molecule has 0 bridgehead atoms. The third-order valence-corrected chi connectivity index (χ3v) is 5.72. The summed E-state index contributed by atoms with van der Waals surface area (Å²) in [4.78, 5) is 39.6. The number of carbonyl (C=O) groups excluding carboxylic acids is 2. The number of para-hydroxylation sites is 1. The molecule has 0 spiro atoms. The summed E-state index contributed by atoms with van der Waals surface area (Å²) in [5.74, 6) is -2.49. The van der Waals surface area contributed by atoms with Crippen molar-refractivity contribution in [2.75, 3.05) is 52.6 Å². The second-order valence-corrected chi connectivity index (χ2v) is 7.75. The van der Waals surface area contributed by atoms with E-state index in [4.69, 9.17) is 14.2 Å². The Kier molecular flexibility index (Phi) is 8.72. The van der Waals surface area contributed by atoms with Gasteiger partial charge in [-0.25, -0.2) is 9.59 Å². The summed E-state index contributed by atoms with van der Waals surface area (Å²) in [7, 11) is 0. The highest BCUT2D eigenvalue weighted by molar-refractivity contribution is 6.40. The molecule has 1 fully saturated rings. The third kappa shape index (κ3) is 5.60. The van der Waals surface area contributed by atoms with Crippen LogP contribution in [0.2, 0.25) is 0 Å². The molecule has 0 aliphatic carbocycles. The van der Waals surface area contributed by atoms with Crippen molar-refractivity contribution in [3.8, 4) is 0 Å². The van der Waals surface area contributed by atoms with Gasteiger partial charge in [0.2, 0.25) is 0 Å². The number of hydrogen-bond acceptors (Lipinski definition) is 10. The van der Waals surface area contributed by atoms with E-state index in [-0.39, 0.29) is 35.7 Å². The maximum Gasteiger partial charge on any atom is 0.355 e. The van der Waals surface area contributed by atoms with E-state index in [0.29, 0.717) is 32.0 Å². The SMILES string of the molecule is CCOC(=O)C1=NN(CCN2CCOCC2)C(C)=C(C(=O)OCC)C1c1ccccc1[N+](=O)[O-]. The maximum absolute atomic E-state index is 13.1. The second-order valence-electron chi connectivity index (χ2n) is 7.75. The predicted molar refractivity (Wildman–Crippen MR) is 123 cm³/mol. The minimum absolute atomic E-state index is 0.0900. The number of nitro groups is 1. The average Bonchev–Trinajstić information content (AvgIpc) is 2.83. The Morgan fingerprint density at radius 3 is 2.41 bits per heavy atom. The molecule has 0 radical (unpaired) electrons. The van der Waals surface area contributed by atoms with Crippen LogP contribution in [0.3, 0.4) is 0 Å². The summed E-state index contributed by atoms with van der Waals surface area (Å²) in [6, 6.07) is 6.00. The molecule has 1 aromatic carbocycles. The lowest BCUT2D eigenvalue weighted by Crippen LogP contribution is -2.43. The van der Waals surface area contributed by atoms with Gasteiger partial charge >= 0.3 is 11.9 Å². The Hall–Kier alpha value is -3.31. The molecule has 2 aliphatic rings. The molecule has 11 nitrogen and oxygen atoms in total. The van der Waals surface area contributed by atoms with Crippen molar-refractivity contribution >= 4 is 23.3 Å². The van der Waals surface area contributed by atoms with Crippen molar-refractivity contribution in [2.24, 2.45) is 5.10 Å². The number of rotatable bonds is 9. The topological polar surface area (TPSA) is 124 Å². The van der Waals surface area contributed by atoms with Gasteiger partial charge in [-0.3, -0.25) is 20.0 Å². The largest absolute Gasteiger partial charge is 0.463 e. The minimum Gasteiger partial charge on any atom is -0.463 e. The highest BCUT2D eigenvalue weighted by Gasteiger charge is 2.42. The molecule has 0 saturated carbocycles. The quantitative estimate of drug-likeness (QED) is 0.300. The number of hydrazone groups is 1. The Labute approximate surface area is 198 Å². The fraction of sp³-hybridized carbons (Fsp3) is 0.522. The van der Waals surface area contributed by atoms with E-state index in [1.54, 1.807) is 31.8 Å². The molecule has 1 saturated heterocycles. The van der Waals surface area contributed by atoms with E-state index in [1.165, 1.54) is 18.2 Å². The van der Waals surface area contributed by atoms with Gasteiger partial charge < -0.3 is 14.2 Å². The van der Waals surface area contributed by atoms with Crippen LogP contribution in [0.25, 0.3) is 0 Å². The van der Waals surface area contributed by atoms with Crippen LogP contribution in [-0.2, 0) is 23.8 Å². The summed E-state index contributed by atoms with van der Waals surface area (Å²) in [5.41, 5.74) is 0.473. The Balaban J connectivity index is 2.09. The number of esters is 2. The Bertz CT molecular complexity index is 985. The summed E-state index contributed by atoms with van der Waals surface area (Å²) in [6.45, 7) is 9.10. The first-order valence-electron chi connectivity index (χ1n) is 11.3. The van der Waals surface area contributed by atoms with Crippen molar-refractivity contribution in [1.29, 1.82) is 0 Å². The van der Waals surface area contributed by atoms with Crippen LogP contribution < -0.4 is 0 Å². The maximum atomic E-state index is 13.1. The van der Waals surface area contributed by atoms with Gasteiger partial charge in [0, 0.05) is 37.0 Å². The van der Waals surface area contributed by atoms with Gasteiger partial charge in [0.15, 0.2) is 5.71 Å². The zero-order valence-electron chi connectivity index (χ0n) is 19.7. The zero-order valence-corrected chi connectivity index (χ0v) is 19.7. The van der Waals surface area contributed by atoms with Gasteiger partial charge in [0.05, 0.1) is 49.4 Å². The monoisotopic (exact) mass is 474 g/mol. The van der Waals surface area contributed by atoms with Gasteiger partial charge in [-0.2, -0.15) is 5.10 Å². The summed E-state index contributed by atoms with van der Waals surface area (Å²) >= 11 is 0. The molecule has 1 unspecified atom stereocenters. The van der Waals surface area contributed by atoms with Gasteiger partial charge in [-0.1, -0.05) is 18.2 Å². The van der Waals surface area contributed by atoms with E-state index in [9.17, 15) is 19.7 Å². The minimum atomic E-state index is -1.10. The molecule has 2 aliphatic heterocycles. The van der Waals surface area contributed by atoms with Crippen molar-refractivity contribution in [3.05, 3.63) is 51.2 Å². The zero-order chi connectivity index (χ0) is 24.7. The number of nitro benzene ring substituents is 1. The Morgan fingerprint density at radius 1 is 1.12 bits per heavy atom. The van der Waals surface area contributed by atoms with Crippen molar-refractivity contribution in [1.82, 2.24) is 9.91 Å². The molecule has 34 heavy (non-hydrogen) atoms. The summed E-state index contributed by atoms with van der Waals surface area (Å²) in [5, 5.41) is 17.9. The normalized spacial score (nSPS) is 19.0. The van der Waals surface area contributed by atoms with E-state index in [0.717, 1.165) is 13.1 Å². The van der Waals surface area contributed by atoms with Gasteiger partial charge in [0.1, 0.15) is 0 Å². The van der Waals surface area contributed by atoms with E-state index in [1.807, 2.05) is 0 Å². The first kappa shape index (κ1) is 25.3. The van der Waals surface area contributed by atoms with Crippen LogP contribution in [0.4, 0.5) is 5.69 Å². The van der Waals surface area contributed by atoms with Crippen molar-refractivity contribution in [2.45, 2.75) is 26.7 Å². The highest BCUT2D eigenvalue weighted by Crippen LogP contribution is 2.39. The molecule has 2 heterocycles. The molecule has 184 valence electrons. The molecule has 0 aromatic heterocycles. The van der Waals surface area contributed by atoms with Gasteiger partial charge in [0.25, 0.3) is 5.69 Å². The number of carbonyl (C=O) groups is 2. The van der Waals surface area contributed by atoms with Crippen LogP contribution in [0.15, 0.2) is 40.6 Å². The van der Waals surface area contributed by atoms with Crippen LogP contribution in [-0.4, -0.2) is 85.1 Å². The van der Waals surface area contributed by atoms with Crippen LogP contribution >= 0.6 is 0 Å². The molecule has 0 N–H and O–H groups in total. The highest BCUT2D eigenvalue weighted by atomic mass is 16.6. The molecule has 1 atom stereocenters. The fourth-order valence-corrected chi connectivity index (χ4v) is 4.06. The number of ether oxygens (including phenoxy) is 3. The van der Waals surface area contributed by atoms with Gasteiger partial charge in [-0.15, -0.1) is 0 Å². The molecule has 1 aromatic rings. The molecular weight excluding hydrogens is 444 g/mol. The first-order chi connectivity index (χ1) is 16.4. The lowest BCUT2D eigenvalue weighted by molar-refractivity contribution is -0.385. The first-order valence-corrected chi connectivity index (χ1v) is 11.3. The van der Waals surface area contributed by atoms with Crippen molar-refractivity contribution < 1.29 is 28.7 Å². The number of allylic oxidation sites excluding steroid dienone is 1. The summed E-state index contributed by atoms with van der Waals surface area (Å²) < 4.78 is 15.9. The second kappa shape index (κ2) is 11.7. The van der Waals surface area contributed by atoms with Crippen LogP contribution in [0, 0.1) is 10.1 Å². The van der Waals surface area contributed by atoms with Gasteiger partial charge in [-0.05, 0) is 20.8 Å². The van der Waals surface area contributed by atoms with E-state index >= 15 is 0 Å². The lowest BCUT2D eigenvalue weighted by Gasteiger charge is -2.34. The number of benzene rings is 1. The third-order valence-electron chi connectivity index (χ3n) is 5.72. The summed E-state index contributed by atoms with van der Waals surface area (Å²) in [6.07, 6.45) is 0. The smallest absolute Gasteiger partial charge is 0.355 e. The Morgan fingerprint density at radius 2 is 1.76 bits per heavy atom. The standard InChI is InChI=1S/C23H30N4O7/c1-4-33-22(28)19-16(3)26(11-10-25-12-14-32-15-13-25)24-21(23(29)34-5-2)20(19)17-8-6-7-9-18(17)27(30)31/h6-9,20H,4-5,10-15H2,1-3H3. The molecule has 3 rings (SSSR count). The molecule has 0 amide bonds. The van der Waals surface area contributed by atoms with Crippen molar-refractivity contribution in [3.63, 3.8) is 0 Å². The fourth-order valence-electron chi connectivity index (χ4n) is 4.06. The predicted octanol–water partition coefficient (Wildman–Crippen LogP) is 2.08. The number of nitrogens with zero attached hydrogens (tertiary/aromatic N) is 4. The molecule has 11 heteroatoms. The number of morpholine rings is 1. The average molecular weight is 475 g/mol. The number of hydrogen-bond donors (Lipinski definition) is 0. The van der Waals surface area contributed by atoms with E-state index < -0.39 is 22.8 Å². The lowest BCUT2D eigenvalue weighted by atomic mass is 9.83. The van der Waals surface area contributed by atoms with Crippen LogP contribution in [0.1, 0.15) is 32.3 Å².